The predicted molar refractivity (Wildman–Crippen MR) is 87.4 cm³/mol. The van der Waals surface area contributed by atoms with Gasteiger partial charge in [0.05, 0.1) is 18.8 Å². The summed E-state index contributed by atoms with van der Waals surface area (Å²) in [5, 5.41) is 5.77. The Bertz CT molecular complexity index is 637. The van der Waals surface area contributed by atoms with Gasteiger partial charge in [0, 0.05) is 9.75 Å². The van der Waals surface area contributed by atoms with Gasteiger partial charge < -0.3 is 15.4 Å². The van der Waals surface area contributed by atoms with Crippen LogP contribution in [0.2, 0.25) is 0 Å². The molecule has 0 radical (unpaired) electrons. The average Bonchev–Trinajstić information content (AvgIpc) is 2.78. The van der Waals surface area contributed by atoms with Gasteiger partial charge in [-0.1, -0.05) is 12.1 Å². The molecule has 1 heterocycles. The molecule has 5 heteroatoms. The van der Waals surface area contributed by atoms with Crippen LogP contribution in [-0.4, -0.2) is 13.1 Å². The summed E-state index contributed by atoms with van der Waals surface area (Å²) in [6.45, 7) is 6.13. The van der Waals surface area contributed by atoms with Crippen molar-refractivity contribution in [1.29, 1.82) is 0 Å². The molecule has 2 amide bonds. The summed E-state index contributed by atoms with van der Waals surface area (Å²) in [7, 11) is 1.58. The number of hydrogen-bond donors (Lipinski definition) is 2. The predicted octanol–water partition coefficient (Wildman–Crippen LogP) is 4.26. The number of ether oxygens (including phenoxy) is 1. The van der Waals surface area contributed by atoms with Gasteiger partial charge >= 0.3 is 6.03 Å². The minimum atomic E-state index is -0.241. The molecule has 0 fully saturated rings. The van der Waals surface area contributed by atoms with E-state index in [-0.39, 0.29) is 12.1 Å². The average molecular weight is 304 g/mol. The normalized spacial score (nSPS) is 11.8. The molecule has 2 rings (SSSR count). The molecular weight excluding hydrogens is 284 g/mol. The van der Waals surface area contributed by atoms with Crippen molar-refractivity contribution in [3.63, 3.8) is 0 Å². The lowest BCUT2D eigenvalue weighted by molar-refractivity contribution is 0.249. The first-order valence-electron chi connectivity index (χ1n) is 6.78. The molecule has 1 aromatic heterocycles. The molecule has 112 valence electrons. The van der Waals surface area contributed by atoms with Gasteiger partial charge in [-0.25, -0.2) is 4.79 Å². The highest BCUT2D eigenvalue weighted by atomic mass is 32.1. The zero-order chi connectivity index (χ0) is 15.4. The molecule has 0 aliphatic carbocycles. The maximum atomic E-state index is 12.1. The van der Waals surface area contributed by atoms with Crippen LogP contribution in [0.3, 0.4) is 0 Å². The third-order valence-electron chi connectivity index (χ3n) is 3.25. The maximum absolute atomic E-state index is 12.1. The number of aryl methyl sites for hydroxylation is 2. The Labute approximate surface area is 129 Å². The van der Waals surface area contributed by atoms with Crippen LogP contribution < -0.4 is 15.4 Å². The number of nitrogens with one attached hydrogen (secondary N) is 2. The van der Waals surface area contributed by atoms with Crippen LogP contribution in [0.4, 0.5) is 10.5 Å². The molecule has 0 aliphatic rings. The van der Waals surface area contributed by atoms with Crippen LogP contribution in [0, 0.1) is 13.8 Å². The van der Waals surface area contributed by atoms with Crippen LogP contribution in [0.1, 0.15) is 28.3 Å². The zero-order valence-electron chi connectivity index (χ0n) is 12.7. The minimum Gasteiger partial charge on any atom is -0.495 e. The van der Waals surface area contributed by atoms with E-state index in [1.807, 2.05) is 31.2 Å². The molecule has 0 bridgehead atoms. The molecule has 4 nitrogen and oxygen atoms in total. The number of para-hydroxylation sites is 2. The summed E-state index contributed by atoms with van der Waals surface area (Å²) in [5.41, 5.74) is 1.82. The maximum Gasteiger partial charge on any atom is 0.319 e. The molecule has 2 aromatic rings. The fourth-order valence-electron chi connectivity index (χ4n) is 2.26. The van der Waals surface area contributed by atoms with E-state index in [1.54, 1.807) is 18.4 Å². The number of hydrogen-bond acceptors (Lipinski definition) is 3. The molecule has 0 saturated carbocycles. The van der Waals surface area contributed by atoms with Crippen molar-refractivity contribution < 1.29 is 9.53 Å². The van der Waals surface area contributed by atoms with Gasteiger partial charge in [-0.2, -0.15) is 0 Å². The summed E-state index contributed by atoms with van der Waals surface area (Å²) in [6.07, 6.45) is 0. The van der Waals surface area contributed by atoms with Crippen molar-refractivity contribution >= 4 is 23.1 Å². The van der Waals surface area contributed by atoms with E-state index in [2.05, 4.69) is 30.5 Å². The molecule has 1 atom stereocenters. The summed E-state index contributed by atoms with van der Waals surface area (Å²) >= 11 is 1.74. The fourth-order valence-corrected chi connectivity index (χ4v) is 3.28. The van der Waals surface area contributed by atoms with Crippen molar-refractivity contribution in [3.8, 4) is 5.75 Å². The fraction of sp³-hybridized carbons (Fsp3) is 0.312. The molecule has 0 unspecified atom stereocenters. The first-order chi connectivity index (χ1) is 10.0. The van der Waals surface area contributed by atoms with Crippen LogP contribution >= 0.6 is 11.3 Å². The molecule has 1 aromatic carbocycles. The summed E-state index contributed by atoms with van der Waals surface area (Å²) in [6, 6.07) is 9.18. The van der Waals surface area contributed by atoms with Gasteiger partial charge in [-0.3, -0.25) is 0 Å². The minimum absolute atomic E-state index is 0.0374. The Morgan fingerprint density at radius 3 is 2.62 bits per heavy atom. The number of urea groups is 1. The van der Waals surface area contributed by atoms with Crippen molar-refractivity contribution in [2.24, 2.45) is 0 Å². The monoisotopic (exact) mass is 304 g/mol. The van der Waals surface area contributed by atoms with E-state index in [4.69, 9.17) is 4.74 Å². The molecule has 0 aliphatic heterocycles. The second-order valence-corrected chi connectivity index (χ2v) is 6.35. The third kappa shape index (κ3) is 3.76. The number of anilines is 1. The Morgan fingerprint density at radius 1 is 1.29 bits per heavy atom. The number of amides is 2. The Kier molecular flexibility index (Phi) is 4.85. The second-order valence-electron chi connectivity index (χ2n) is 4.89. The van der Waals surface area contributed by atoms with E-state index in [1.165, 1.54) is 9.75 Å². The molecule has 21 heavy (non-hydrogen) atoms. The number of rotatable bonds is 4. The van der Waals surface area contributed by atoms with Gasteiger partial charge in [-0.05, 0) is 44.5 Å². The van der Waals surface area contributed by atoms with E-state index in [0.29, 0.717) is 11.4 Å². The van der Waals surface area contributed by atoms with Gasteiger partial charge in [0.25, 0.3) is 0 Å². The number of benzene rings is 1. The second kappa shape index (κ2) is 6.63. The highest BCUT2D eigenvalue weighted by Crippen LogP contribution is 2.27. The Morgan fingerprint density at radius 2 is 2.00 bits per heavy atom. The Balaban J connectivity index is 2.03. The van der Waals surface area contributed by atoms with Gasteiger partial charge in [0.2, 0.25) is 0 Å². The standard InChI is InChI=1S/C16H20N2O2S/c1-10-9-13(12(3)21-10)11(2)17-16(19)18-14-7-5-6-8-15(14)20-4/h5-9,11H,1-4H3,(H2,17,18,19)/t11-/m0/s1. The van der Waals surface area contributed by atoms with Gasteiger partial charge in [-0.15, -0.1) is 11.3 Å². The first-order valence-corrected chi connectivity index (χ1v) is 7.60. The van der Waals surface area contributed by atoms with Crippen molar-refractivity contribution in [2.45, 2.75) is 26.8 Å². The lowest BCUT2D eigenvalue weighted by Gasteiger charge is -2.16. The zero-order valence-corrected chi connectivity index (χ0v) is 13.5. The quantitative estimate of drug-likeness (QED) is 0.887. The number of methoxy groups -OCH3 is 1. The highest BCUT2D eigenvalue weighted by molar-refractivity contribution is 7.12. The lowest BCUT2D eigenvalue weighted by atomic mass is 10.1. The molecule has 0 spiro atoms. The smallest absolute Gasteiger partial charge is 0.319 e. The molecule has 2 N–H and O–H groups in total. The van der Waals surface area contributed by atoms with Crippen LogP contribution in [0.25, 0.3) is 0 Å². The lowest BCUT2D eigenvalue weighted by Crippen LogP contribution is -2.31. The third-order valence-corrected chi connectivity index (χ3v) is 4.23. The van der Waals surface area contributed by atoms with Crippen LogP contribution in [0.15, 0.2) is 30.3 Å². The van der Waals surface area contributed by atoms with Crippen LogP contribution in [-0.2, 0) is 0 Å². The summed E-state index contributed by atoms with van der Waals surface area (Å²) < 4.78 is 5.22. The molecule has 0 saturated heterocycles. The number of thiophene rings is 1. The van der Waals surface area contributed by atoms with Gasteiger partial charge in [0.15, 0.2) is 0 Å². The number of carbonyl (C=O) groups is 1. The summed E-state index contributed by atoms with van der Waals surface area (Å²) in [5.74, 6) is 0.642. The van der Waals surface area contributed by atoms with E-state index in [9.17, 15) is 4.79 Å². The highest BCUT2D eigenvalue weighted by Gasteiger charge is 2.14. The Hall–Kier alpha value is -2.01. The number of carbonyl (C=O) groups excluding carboxylic acids is 1. The SMILES string of the molecule is COc1ccccc1NC(=O)N[C@@H](C)c1cc(C)sc1C. The van der Waals surface area contributed by atoms with E-state index in [0.717, 1.165) is 5.56 Å². The first kappa shape index (κ1) is 15.4. The largest absolute Gasteiger partial charge is 0.495 e. The van der Waals surface area contributed by atoms with E-state index < -0.39 is 0 Å². The van der Waals surface area contributed by atoms with E-state index >= 15 is 0 Å². The topological polar surface area (TPSA) is 50.4 Å². The summed E-state index contributed by atoms with van der Waals surface area (Å²) in [4.78, 5) is 14.6. The molecular formula is C16H20N2O2S. The van der Waals surface area contributed by atoms with Crippen molar-refractivity contribution in [2.75, 3.05) is 12.4 Å². The van der Waals surface area contributed by atoms with Crippen LogP contribution in [0.5, 0.6) is 5.75 Å². The van der Waals surface area contributed by atoms with Crippen molar-refractivity contribution in [1.82, 2.24) is 5.32 Å². The van der Waals surface area contributed by atoms with Crippen molar-refractivity contribution in [3.05, 3.63) is 45.6 Å². The van der Waals surface area contributed by atoms with Gasteiger partial charge in [0.1, 0.15) is 5.75 Å².